The van der Waals surface area contributed by atoms with E-state index in [9.17, 15) is 0 Å². The van der Waals surface area contributed by atoms with Crippen LogP contribution in [0.1, 0.15) is 39.5 Å². The summed E-state index contributed by atoms with van der Waals surface area (Å²) >= 11 is 0. The van der Waals surface area contributed by atoms with Gasteiger partial charge in [0, 0.05) is 6.04 Å². The number of rotatable bonds is 1. The van der Waals surface area contributed by atoms with Crippen LogP contribution in [0.25, 0.3) is 0 Å². The molecular formula is C10H21N. The van der Waals surface area contributed by atoms with Crippen molar-refractivity contribution in [2.45, 2.75) is 45.6 Å². The first-order chi connectivity index (χ1) is 5.33. The van der Waals surface area contributed by atoms with Gasteiger partial charge in [0.25, 0.3) is 0 Å². The van der Waals surface area contributed by atoms with Crippen LogP contribution in [0, 0.1) is 5.92 Å². The van der Waals surface area contributed by atoms with Crippen LogP contribution in [-0.4, -0.2) is 6.04 Å². The van der Waals surface area contributed by atoms with E-state index in [1.165, 1.54) is 25.7 Å². The molecule has 0 unspecified atom stereocenters. The summed E-state index contributed by atoms with van der Waals surface area (Å²) in [7, 11) is 0. The van der Waals surface area contributed by atoms with E-state index in [-0.39, 0.29) is 0 Å². The molecule has 1 aliphatic rings. The van der Waals surface area contributed by atoms with Crippen molar-refractivity contribution in [1.82, 2.24) is 0 Å². The molecule has 66 valence electrons. The molecule has 0 saturated heterocycles. The van der Waals surface area contributed by atoms with E-state index in [4.69, 9.17) is 5.73 Å². The van der Waals surface area contributed by atoms with Crippen LogP contribution in [0.5, 0.6) is 0 Å². The van der Waals surface area contributed by atoms with Crippen LogP contribution < -0.4 is 5.73 Å². The van der Waals surface area contributed by atoms with Crippen molar-refractivity contribution in [3.05, 3.63) is 12.7 Å². The second-order valence-electron chi connectivity index (χ2n) is 2.91. The van der Waals surface area contributed by atoms with Crippen molar-refractivity contribution in [2.75, 3.05) is 0 Å². The van der Waals surface area contributed by atoms with Gasteiger partial charge < -0.3 is 5.73 Å². The summed E-state index contributed by atoms with van der Waals surface area (Å²) < 4.78 is 0. The van der Waals surface area contributed by atoms with Gasteiger partial charge in [0.2, 0.25) is 0 Å². The fourth-order valence-corrected chi connectivity index (χ4v) is 1.38. The molecule has 1 heteroatoms. The van der Waals surface area contributed by atoms with Crippen LogP contribution in [0.3, 0.4) is 0 Å². The molecular weight excluding hydrogens is 134 g/mol. The average Bonchev–Trinajstić information content (AvgIpc) is 2.10. The van der Waals surface area contributed by atoms with E-state index in [1.807, 2.05) is 13.8 Å². The third-order valence-corrected chi connectivity index (χ3v) is 2.15. The van der Waals surface area contributed by atoms with Crippen molar-refractivity contribution in [3.8, 4) is 0 Å². The highest BCUT2D eigenvalue weighted by Gasteiger charge is 2.14. The lowest BCUT2D eigenvalue weighted by Gasteiger charge is -2.22. The Balaban J connectivity index is 0.000000461. The summed E-state index contributed by atoms with van der Waals surface area (Å²) in [6, 6.07) is 0.473. The Morgan fingerprint density at radius 1 is 1.18 bits per heavy atom. The molecule has 1 rings (SSSR count). The Kier molecular flexibility index (Phi) is 6.24. The van der Waals surface area contributed by atoms with Crippen molar-refractivity contribution in [1.29, 1.82) is 0 Å². The topological polar surface area (TPSA) is 26.0 Å². The first kappa shape index (κ1) is 10.7. The van der Waals surface area contributed by atoms with Gasteiger partial charge in [-0.1, -0.05) is 19.9 Å². The predicted molar refractivity (Wildman–Crippen MR) is 51.5 cm³/mol. The van der Waals surface area contributed by atoms with Gasteiger partial charge in [0.1, 0.15) is 0 Å². The van der Waals surface area contributed by atoms with Gasteiger partial charge >= 0.3 is 0 Å². The van der Waals surface area contributed by atoms with Gasteiger partial charge in [0.05, 0.1) is 0 Å². The minimum Gasteiger partial charge on any atom is -0.328 e. The number of nitrogens with two attached hydrogens (primary N) is 1. The van der Waals surface area contributed by atoms with E-state index in [0.29, 0.717) is 6.04 Å². The Morgan fingerprint density at radius 3 is 2.00 bits per heavy atom. The van der Waals surface area contributed by atoms with E-state index in [0.717, 1.165) is 5.92 Å². The molecule has 1 saturated carbocycles. The molecule has 0 amide bonds. The summed E-state index contributed by atoms with van der Waals surface area (Å²) in [5.74, 6) is 0.754. The Labute approximate surface area is 70.7 Å². The molecule has 0 heterocycles. The van der Waals surface area contributed by atoms with Crippen molar-refractivity contribution >= 4 is 0 Å². The lowest BCUT2D eigenvalue weighted by Crippen LogP contribution is -2.25. The molecule has 0 aromatic carbocycles. The van der Waals surface area contributed by atoms with Crippen molar-refractivity contribution < 1.29 is 0 Å². The zero-order chi connectivity index (χ0) is 8.69. The Bertz CT molecular complexity index is 91.0. The largest absolute Gasteiger partial charge is 0.328 e. The van der Waals surface area contributed by atoms with Crippen LogP contribution in [0.4, 0.5) is 0 Å². The highest BCUT2D eigenvalue weighted by molar-refractivity contribution is 4.84. The van der Waals surface area contributed by atoms with Gasteiger partial charge in [-0.05, 0) is 31.6 Å². The lowest BCUT2D eigenvalue weighted by atomic mass is 9.87. The van der Waals surface area contributed by atoms with Gasteiger partial charge in [-0.3, -0.25) is 0 Å². The van der Waals surface area contributed by atoms with E-state index in [2.05, 4.69) is 12.7 Å². The van der Waals surface area contributed by atoms with Crippen molar-refractivity contribution in [2.24, 2.45) is 11.7 Å². The normalized spacial score (nSPS) is 30.1. The molecule has 2 N–H and O–H groups in total. The first-order valence-electron chi connectivity index (χ1n) is 4.71. The lowest BCUT2D eigenvalue weighted by molar-refractivity contribution is 0.376. The summed E-state index contributed by atoms with van der Waals surface area (Å²) in [6.07, 6.45) is 6.95. The second-order valence-corrected chi connectivity index (χ2v) is 2.91. The zero-order valence-corrected chi connectivity index (χ0v) is 7.84. The summed E-state index contributed by atoms with van der Waals surface area (Å²) in [5, 5.41) is 0. The third-order valence-electron chi connectivity index (χ3n) is 2.15. The number of hydrogen-bond acceptors (Lipinski definition) is 1. The Morgan fingerprint density at radius 2 is 1.64 bits per heavy atom. The molecule has 0 aromatic rings. The third kappa shape index (κ3) is 4.20. The molecule has 0 aromatic heterocycles. The minimum absolute atomic E-state index is 0.473. The maximum atomic E-state index is 5.72. The fourth-order valence-electron chi connectivity index (χ4n) is 1.38. The first-order valence-corrected chi connectivity index (χ1v) is 4.71. The van der Waals surface area contributed by atoms with E-state index >= 15 is 0 Å². The van der Waals surface area contributed by atoms with Crippen molar-refractivity contribution in [3.63, 3.8) is 0 Å². The SMILES string of the molecule is C=CC1CCC(N)CC1.CC. The standard InChI is InChI=1S/C8H15N.C2H6/c1-2-7-3-5-8(9)6-4-7;1-2/h2,7-8H,1,3-6,9H2;1-2H3. The van der Waals surface area contributed by atoms with Crippen LogP contribution in [-0.2, 0) is 0 Å². The number of hydrogen-bond donors (Lipinski definition) is 1. The molecule has 1 fully saturated rings. The fraction of sp³-hybridized carbons (Fsp3) is 0.800. The van der Waals surface area contributed by atoms with Crippen LogP contribution in [0.2, 0.25) is 0 Å². The maximum Gasteiger partial charge on any atom is 0.00392 e. The summed E-state index contributed by atoms with van der Waals surface area (Å²) in [6.45, 7) is 7.77. The van der Waals surface area contributed by atoms with Crippen LogP contribution in [0.15, 0.2) is 12.7 Å². The molecule has 0 radical (unpaired) electrons. The summed E-state index contributed by atoms with van der Waals surface area (Å²) in [5.41, 5.74) is 5.72. The van der Waals surface area contributed by atoms with Gasteiger partial charge in [-0.25, -0.2) is 0 Å². The Hall–Kier alpha value is -0.300. The predicted octanol–water partition coefficient (Wildman–Crippen LogP) is 2.72. The maximum absolute atomic E-state index is 5.72. The zero-order valence-electron chi connectivity index (χ0n) is 7.84. The highest BCUT2D eigenvalue weighted by Crippen LogP contribution is 2.23. The molecule has 0 bridgehead atoms. The van der Waals surface area contributed by atoms with E-state index in [1.54, 1.807) is 0 Å². The minimum atomic E-state index is 0.473. The monoisotopic (exact) mass is 155 g/mol. The van der Waals surface area contributed by atoms with Gasteiger partial charge in [-0.2, -0.15) is 0 Å². The molecule has 1 aliphatic carbocycles. The average molecular weight is 155 g/mol. The van der Waals surface area contributed by atoms with E-state index < -0.39 is 0 Å². The molecule has 0 spiro atoms. The van der Waals surface area contributed by atoms with Gasteiger partial charge in [-0.15, -0.1) is 6.58 Å². The second kappa shape index (κ2) is 6.41. The molecule has 0 atom stereocenters. The quantitative estimate of drug-likeness (QED) is 0.579. The van der Waals surface area contributed by atoms with Crippen LogP contribution >= 0.6 is 0 Å². The smallest absolute Gasteiger partial charge is 0.00392 e. The molecule has 1 nitrogen and oxygen atoms in total. The molecule has 0 aliphatic heterocycles. The van der Waals surface area contributed by atoms with Gasteiger partial charge in [0.15, 0.2) is 0 Å². The highest BCUT2D eigenvalue weighted by atomic mass is 14.6. The molecule has 11 heavy (non-hydrogen) atoms. The summed E-state index contributed by atoms with van der Waals surface area (Å²) in [4.78, 5) is 0. The number of allylic oxidation sites excluding steroid dienone is 1.